The summed E-state index contributed by atoms with van der Waals surface area (Å²) in [6.07, 6.45) is 23.4. The van der Waals surface area contributed by atoms with Gasteiger partial charge >= 0.3 is 18.3 Å². The van der Waals surface area contributed by atoms with Crippen LogP contribution in [0, 0.1) is 40.4 Å². The summed E-state index contributed by atoms with van der Waals surface area (Å²) in [7, 11) is 0. The van der Waals surface area contributed by atoms with Crippen molar-refractivity contribution in [2.45, 2.75) is 209 Å². The van der Waals surface area contributed by atoms with Gasteiger partial charge in [0.1, 0.15) is 17.3 Å². The number of carbonyl (C=O) groups is 3. The summed E-state index contributed by atoms with van der Waals surface area (Å²) in [5.41, 5.74) is 1.25. The van der Waals surface area contributed by atoms with Crippen LogP contribution < -0.4 is 10.6 Å². The van der Waals surface area contributed by atoms with Crippen LogP contribution in [-0.2, 0) is 14.2 Å². The fourth-order valence-electron chi connectivity index (χ4n) is 11.2. The third kappa shape index (κ3) is 14.4. The molecule has 0 aromatic rings. The van der Waals surface area contributed by atoms with Crippen LogP contribution in [0.2, 0.25) is 0 Å². The van der Waals surface area contributed by atoms with E-state index in [1.807, 2.05) is 46.4 Å². The standard InChI is InChI=1S/C48H85N3O6/c1-35(2)20-15-16-21-36-23-25-40-39-24-22-37-34-38(26-28-48(37,10)41(39)27-29-47(36,40)9)55-44(54)51(33-19-31-50-43(53)57-46(6,7)8)32-18-14-12-11-13-17-30-49-42(52)56-45(3,4)5/h22,35-36,38-41H,11-21,23-34H2,1-10H3,(H,49,52)(H,50,53). The van der Waals surface area contributed by atoms with Gasteiger partial charge in [-0.1, -0.05) is 84.3 Å². The van der Waals surface area contributed by atoms with Gasteiger partial charge in [-0.05, 0) is 153 Å². The van der Waals surface area contributed by atoms with Gasteiger partial charge in [-0.3, -0.25) is 0 Å². The molecule has 9 heteroatoms. The van der Waals surface area contributed by atoms with Crippen molar-refractivity contribution in [1.29, 1.82) is 0 Å². The number of rotatable bonds is 19. The molecule has 7 atom stereocenters. The summed E-state index contributed by atoms with van der Waals surface area (Å²) in [5.74, 6) is 4.13. The highest BCUT2D eigenvalue weighted by molar-refractivity contribution is 5.68. The maximum Gasteiger partial charge on any atom is 0.410 e. The second-order valence-corrected chi connectivity index (χ2v) is 21.3. The second kappa shape index (κ2) is 21.2. The van der Waals surface area contributed by atoms with Gasteiger partial charge in [-0.2, -0.15) is 0 Å². The monoisotopic (exact) mass is 800 g/mol. The summed E-state index contributed by atoms with van der Waals surface area (Å²) in [6, 6.07) is 0. The lowest BCUT2D eigenvalue weighted by Gasteiger charge is -2.58. The molecule has 4 rings (SSSR count). The van der Waals surface area contributed by atoms with E-state index in [9.17, 15) is 14.4 Å². The predicted octanol–water partition coefficient (Wildman–Crippen LogP) is 12.4. The molecule has 0 bridgehead atoms. The molecule has 0 heterocycles. The van der Waals surface area contributed by atoms with Crippen molar-refractivity contribution in [3.05, 3.63) is 11.6 Å². The number of ether oxygens (including phenoxy) is 3. The third-order valence-electron chi connectivity index (χ3n) is 14.2. The van der Waals surface area contributed by atoms with Gasteiger partial charge in [0.25, 0.3) is 0 Å². The number of allylic oxidation sites excluding steroid dienone is 1. The lowest BCUT2D eigenvalue weighted by Crippen LogP contribution is -2.50. The molecule has 328 valence electrons. The topological polar surface area (TPSA) is 106 Å². The Hall–Kier alpha value is -2.45. The molecule has 9 nitrogen and oxygen atoms in total. The molecule has 0 radical (unpaired) electrons. The van der Waals surface area contributed by atoms with Crippen molar-refractivity contribution in [2.24, 2.45) is 40.4 Å². The minimum absolute atomic E-state index is 0.0828. The van der Waals surface area contributed by atoms with Crippen molar-refractivity contribution in [3.63, 3.8) is 0 Å². The highest BCUT2D eigenvalue weighted by Gasteiger charge is 2.58. The zero-order chi connectivity index (χ0) is 41.9. The first-order valence-corrected chi connectivity index (χ1v) is 23.4. The molecule has 4 aliphatic carbocycles. The molecular weight excluding hydrogens is 715 g/mol. The molecule has 4 aliphatic rings. The van der Waals surface area contributed by atoms with Gasteiger partial charge in [-0.25, -0.2) is 14.4 Å². The Labute approximate surface area is 348 Å². The van der Waals surface area contributed by atoms with Crippen molar-refractivity contribution in [3.8, 4) is 0 Å². The Morgan fingerprint density at radius 3 is 2.02 bits per heavy atom. The van der Waals surface area contributed by atoms with E-state index in [2.05, 4.69) is 44.4 Å². The number of nitrogens with zero attached hydrogens (tertiary/aromatic N) is 1. The number of nitrogens with one attached hydrogen (secondary N) is 2. The smallest absolute Gasteiger partial charge is 0.410 e. The number of unbranched alkanes of at least 4 members (excludes halogenated alkanes) is 6. The molecule has 7 unspecified atom stereocenters. The van der Waals surface area contributed by atoms with E-state index < -0.39 is 17.3 Å². The number of alkyl carbamates (subject to hydrolysis) is 2. The maximum atomic E-state index is 13.8. The summed E-state index contributed by atoms with van der Waals surface area (Å²) in [5, 5.41) is 5.68. The van der Waals surface area contributed by atoms with E-state index in [-0.39, 0.29) is 23.7 Å². The van der Waals surface area contributed by atoms with Gasteiger partial charge in [0, 0.05) is 32.6 Å². The normalized spacial score (nSPS) is 28.4. The second-order valence-electron chi connectivity index (χ2n) is 21.3. The zero-order valence-corrected chi connectivity index (χ0v) is 38.2. The highest BCUT2D eigenvalue weighted by Crippen LogP contribution is 2.67. The van der Waals surface area contributed by atoms with E-state index in [0.717, 1.165) is 87.4 Å². The fraction of sp³-hybridized carbons (Fsp3) is 0.896. The highest BCUT2D eigenvalue weighted by atomic mass is 16.6. The van der Waals surface area contributed by atoms with Crippen LogP contribution in [-0.4, -0.2) is 66.7 Å². The molecule has 57 heavy (non-hydrogen) atoms. The molecule has 0 aliphatic heterocycles. The fourth-order valence-corrected chi connectivity index (χ4v) is 11.2. The van der Waals surface area contributed by atoms with Crippen LogP contribution in [0.4, 0.5) is 14.4 Å². The van der Waals surface area contributed by atoms with Crippen molar-refractivity contribution < 1.29 is 28.6 Å². The quantitative estimate of drug-likeness (QED) is 0.0765. The van der Waals surface area contributed by atoms with Gasteiger partial charge in [0.2, 0.25) is 0 Å². The Morgan fingerprint density at radius 2 is 1.37 bits per heavy atom. The predicted molar refractivity (Wildman–Crippen MR) is 231 cm³/mol. The average molecular weight is 800 g/mol. The Balaban J connectivity index is 1.26. The molecule has 0 saturated heterocycles. The molecule has 3 saturated carbocycles. The van der Waals surface area contributed by atoms with Crippen LogP contribution >= 0.6 is 0 Å². The third-order valence-corrected chi connectivity index (χ3v) is 14.2. The van der Waals surface area contributed by atoms with E-state index in [1.165, 1.54) is 57.8 Å². The van der Waals surface area contributed by atoms with E-state index in [0.29, 0.717) is 38.0 Å². The van der Waals surface area contributed by atoms with Gasteiger partial charge in [0.15, 0.2) is 0 Å². The van der Waals surface area contributed by atoms with Crippen LogP contribution in [0.1, 0.15) is 191 Å². The van der Waals surface area contributed by atoms with E-state index in [4.69, 9.17) is 14.2 Å². The van der Waals surface area contributed by atoms with Crippen LogP contribution in [0.15, 0.2) is 11.6 Å². The van der Waals surface area contributed by atoms with Gasteiger partial charge in [0.05, 0.1) is 0 Å². The Bertz CT molecular complexity index is 1320. The summed E-state index contributed by atoms with van der Waals surface area (Å²) >= 11 is 0. The lowest BCUT2D eigenvalue weighted by atomic mass is 9.47. The number of hydrogen-bond acceptors (Lipinski definition) is 6. The minimum Gasteiger partial charge on any atom is -0.446 e. The Kier molecular flexibility index (Phi) is 17.6. The number of carbonyl (C=O) groups excluding carboxylic acids is 3. The maximum absolute atomic E-state index is 13.8. The van der Waals surface area contributed by atoms with Crippen molar-refractivity contribution >= 4 is 18.3 Å². The van der Waals surface area contributed by atoms with Crippen LogP contribution in [0.5, 0.6) is 0 Å². The summed E-state index contributed by atoms with van der Waals surface area (Å²) < 4.78 is 17.1. The molecule has 0 spiro atoms. The first-order valence-electron chi connectivity index (χ1n) is 23.4. The minimum atomic E-state index is -0.553. The zero-order valence-electron chi connectivity index (χ0n) is 38.2. The first kappa shape index (κ1) is 47.2. The largest absolute Gasteiger partial charge is 0.446 e. The summed E-state index contributed by atoms with van der Waals surface area (Å²) in [6.45, 7) is 23.3. The molecule has 2 N–H and O–H groups in total. The molecule has 0 aromatic heterocycles. The number of amides is 3. The molecule has 3 amide bonds. The SMILES string of the molecule is CC(C)CCCCC1CCC2C3CC=C4CC(OC(=O)N(CCCCCCCCNC(=O)OC(C)(C)C)CCCNC(=O)OC(C)(C)C)CCC4(C)C3CCC12C. The van der Waals surface area contributed by atoms with Crippen LogP contribution in [0.3, 0.4) is 0 Å². The molecule has 3 fully saturated rings. The molecule has 0 aromatic carbocycles. The lowest BCUT2D eigenvalue weighted by molar-refractivity contribution is -0.0534. The van der Waals surface area contributed by atoms with Crippen molar-refractivity contribution in [2.75, 3.05) is 26.2 Å². The number of hydrogen-bond donors (Lipinski definition) is 2. The van der Waals surface area contributed by atoms with E-state index in [1.54, 1.807) is 5.57 Å². The number of fused-ring (bicyclic) bond motifs is 5. The molecular formula is C48H85N3O6. The van der Waals surface area contributed by atoms with Crippen molar-refractivity contribution in [1.82, 2.24) is 15.5 Å². The van der Waals surface area contributed by atoms with Gasteiger partial charge in [-0.15, -0.1) is 0 Å². The average Bonchev–Trinajstić information content (AvgIpc) is 3.44. The van der Waals surface area contributed by atoms with E-state index >= 15 is 0 Å². The summed E-state index contributed by atoms with van der Waals surface area (Å²) in [4.78, 5) is 39.8. The van der Waals surface area contributed by atoms with Crippen LogP contribution in [0.25, 0.3) is 0 Å². The first-order chi connectivity index (χ1) is 26.8. The Morgan fingerprint density at radius 1 is 0.754 bits per heavy atom. The van der Waals surface area contributed by atoms with Gasteiger partial charge < -0.3 is 29.7 Å².